The number of amides is 2. The topological polar surface area (TPSA) is 109 Å². The van der Waals surface area contributed by atoms with Gasteiger partial charge in [-0.15, -0.1) is 0 Å². The molecule has 4 saturated carbocycles. The zero-order valence-electron chi connectivity index (χ0n) is 29.0. The zero-order valence-corrected chi connectivity index (χ0v) is 29.0. The maximum atomic E-state index is 13.4. The highest BCUT2D eigenvalue weighted by atomic mass is 16.7. The van der Waals surface area contributed by atoms with E-state index in [-0.39, 0.29) is 48.3 Å². The summed E-state index contributed by atoms with van der Waals surface area (Å²) in [6.07, 6.45) is 7.80. The molecule has 48 heavy (non-hydrogen) atoms. The van der Waals surface area contributed by atoms with Gasteiger partial charge in [0.25, 0.3) is 0 Å². The van der Waals surface area contributed by atoms with Crippen LogP contribution in [0.4, 0.5) is 10.5 Å². The summed E-state index contributed by atoms with van der Waals surface area (Å²) in [6.45, 7) is 9.20. The number of carbonyl (C=O) groups excluding carboxylic acids is 2. The van der Waals surface area contributed by atoms with Crippen LogP contribution in [-0.4, -0.2) is 58.4 Å². The third-order valence-corrected chi connectivity index (χ3v) is 11.4. The van der Waals surface area contributed by atoms with Crippen LogP contribution in [0.1, 0.15) is 108 Å². The molecule has 0 aromatic heterocycles. The number of carbonyl (C=O) groups is 2. The van der Waals surface area contributed by atoms with Crippen molar-refractivity contribution >= 4 is 17.7 Å². The number of aliphatic hydroxyl groups excluding tert-OH is 1. The molecule has 2 aromatic carbocycles. The normalized spacial score (nSPS) is 34.6. The van der Waals surface area contributed by atoms with Crippen molar-refractivity contribution in [2.45, 2.75) is 121 Å². The Hall–Kier alpha value is -2.98. The molecule has 9 nitrogen and oxygen atoms in total. The van der Waals surface area contributed by atoms with E-state index in [1.807, 2.05) is 69.3 Å². The van der Waals surface area contributed by atoms with Gasteiger partial charge in [-0.05, 0) is 120 Å². The molecule has 2 saturated heterocycles. The average Bonchev–Trinajstić information content (AvgIpc) is 3.49. The summed E-state index contributed by atoms with van der Waals surface area (Å²) in [7, 11) is 0. The van der Waals surface area contributed by atoms with Crippen molar-refractivity contribution in [3.63, 3.8) is 0 Å². The molecule has 6 aliphatic rings. The highest BCUT2D eigenvalue weighted by molar-refractivity contribution is 5.90. The smallest absolute Gasteiger partial charge is 0.323 e. The Bertz CT molecular complexity index is 1440. The molecule has 2 heterocycles. The van der Waals surface area contributed by atoms with E-state index < -0.39 is 11.9 Å². The number of hydrogen-bond acceptors (Lipinski definition) is 7. The minimum absolute atomic E-state index is 0.0199. The number of ether oxygens (including phenoxy) is 3. The second-order valence-corrected chi connectivity index (χ2v) is 16.4. The van der Waals surface area contributed by atoms with Crippen LogP contribution in [0.25, 0.3) is 0 Å². The Labute approximate surface area is 285 Å². The molecule has 8 rings (SSSR count). The summed E-state index contributed by atoms with van der Waals surface area (Å²) < 4.78 is 19.2. The van der Waals surface area contributed by atoms with Crippen LogP contribution < -0.4 is 10.6 Å². The van der Waals surface area contributed by atoms with Gasteiger partial charge < -0.3 is 30.0 Å². The first-order chi connectivity index (χ1) is 23.0. The lowest BCUT2D eigenvalue weighted by molar-refractivity contribution is -0.276. The maximum Gasteiger partial charge on any atom is 0.323 e. The number of nitrogens with one attached hydrogen (secondary N) is 2. The molecule has 5 unspecified atom stereocenters. The Morgan fingerprint density at radius 1 is 0.979 bits per heavy atom. The second-order valence-electron chi connectivity index (χ2n) is 16.4. The molecule has 6 fully saturated rings. The second kappa shape index (κ2) is 13.4. The standard InChI is InChI=1S/C39H53N3O6/c1-24-33(22-42-14-6-9-32(42)35(44)48-38(2,3)4)46-36(47-34(24)29-12-10-25(23-43)11-13-29)30-7-5-8-31(18-30)40-37(45)41-39-19-26-15-27(20-39)17-28(16-26)21-39/h5,7-8,10-13,18,24,26-28,32-34,36,43H,6,9,14-17,19-23H2,1-4H3,(H2,40,41,45). The van der Waals surface area contributed by atoms with Gasteiger partial charge in [-0.25, -0.2) is 4.79 Å². The predicted molar refractivity (Wildman–Crippen MR) is 183 cm³/mol. The van der Waals surface area contributed by atoms with Crippen LogP contribution in [0.3, 0.4) is 0 Å². The molecular formula is C39H53N3O6. The SMILES string of the molecule is CC1C(CN2CCCC2C(=O)OC(C)(C)C)OC(c2cccc(NC(=O)NC34CC5CC(CC(C5)C3)C4)c2)OC1c1ccc(CO)cc1. The minimum atomic E-state index is -0.677. The molecule has 2 aromatic rings. The number of esters is 1. The van der Waals surface area contributed by atoms with Crippen molar-refractivity contribution < 1.29 is 28.9 Å². The highest BCUT2D eigenvalue weighted by Gasteiger charge is 2.51. The molecule has 2 amide bonds. The van der Waals surface area contributed by atoms with Crippen molar-refractivity contribution in [1.82, 2.24) is 10.2 Å². The molecule has 2 aliphatic heterocycles. The molecule has 5 atom stereocenters. The number of urea groups is 1. The molecule has 9 heteroatoms. The number of nitrogens with zero attached hydrogens (tertiary/aromatic N) is 1. The van der Waals surface area contributed by atoms with E-state index in [2.05, 4.69) is 22.5 Å². The number of likely N-dealkylation sites (tertiary alicyclic amines) is 1. The number of anilines is 1. The van der Waals surface area contributed by atoms with Crippen molar-refractivity contribution in [1.29, 1.82) is 0 Å². The van der Waals surface area contributed by atoms with Crippen molar-refractivity contribution in [2.75, 3.05) is 18.4 Å². The van der Waals surface area contributed by atoms with Gasteiger partial charge in [0.05, 0.1) is 18.8 Å². The Kier molecular flexibility index (Phi) is 9.34. The van der Waals surface area contributed by atoms with E-state index in [1.165, 1.54) is 19.3 Å². The fourth-order valence-electron chi connectivity index (χ4n) is 9.67. The average molecular weight is 660 g/mol. The first-order valence-corrected chi connectivity index (χ1v) is 18.1. The van der Waals surface area contributed by atoms with E-state index in [0.717, 1.165) is 73.1 Å². The number of rotatable bonds is 8. The van der Waals surface area contributed by atoms with Crippen LogP contribution in [0.15, 0.2) is 48.5 Å². The predicted octanol–water partition coefficient (Wildman–Crippen LogP) is 6.87. The quantitative estimate of drug-likeness (QED) is 0.266. The number of aliphatic hydroxyl groups is 1. The summed E-state index contributed by atoms with van der Waals surface area (Å²) in [5.41, 5.74) is 2.76. The van der Waals surface area contributed by atoms with Gasteiger partial charge in [-0.2, -0.15) is 0 Å². The van der Waals surface area contributed by atoms with Crippen LogP contribution in [0.5, 0.6) is 0 Å². The van der Waals surface area contributed by atoms with E-state index in [1.54, 1.807) is 0 Å². The summed E-state index contributed by atoms with van der Waals surface area (Å²) in [6, 6.07) is 15.2. The summed E-state index contributed by atoms with van der Waals surface area (Å²) in [5, 5.41) is 16.2. The van der Waals surface area contributed by atoms with Gasteiger partial charge in [0, 0.05) is 29.3 Å². The van der Waals surface area contributed by atoms with Crippen LogP contribution in [0.2, 0.25) is 0 Å². The molecule has 4 bridgehead atoms. The third kappa shape index (κ3) is 7.30. The molecule has 0 spiro atoms. The van der Waals surface area contributed by atoms with Crippen LogP contribution in [-0.2, 0) is 25.6 Å². The highest BCUT2D eigenvalue weighted by Crippen LogP contribution is 2.55. The lowest BCUT2D eigenvalue weighted by Crippen LogP contribution is -2.60. The first kappa shape index (κ1) is 33.5. The Morgan fingerprint density at radius 2 is 1.67 bits per heavy atom. The zero-order chi connectivity index (χ0) is 33.6. The van der Waals surface area contributed by atoms with Crippen LogP contribution >= 0.6 is 0 Å². The van der Waals surface area contributed by atoms with E-state index >= 15 is 0 Å². The minimum Gasteiger partial charge on any atom is -0.459 e. The number of hydrogen-bond donors (Lipinski definition) is 3. The molecular weight excluding hydrogens is 606 g/mol. The van der Waals surface area contributed by atoms with Gasteiger partial charge >= 0.3 is 12.0 Å². The summed E-state index contributed by atoms with van der Waals surface area (Å²) in [5.74, 6) is 2.06. The maximum absolute atomic E-state index is 13.4. The molecule has 3 N–H and O–H groups in total. The van der Waals surface area contributed by atoms with E-state index in [4.69, 9.17) is 14.2 Å². The monoisotopic (exact) mass is 659 g/mol. The van der Waals surface area contributed by atoms with Gasteiger partial charge in [-0.3, -0.25) is 9.69 Å². The summed E-state index contributed by atoms with van der Waals surface area (Å²) in [4.78, 5) is 28.8. The number of benzene rings is 2. The van der Waals surface area contributed by atoms with Gasteiger partial charge in [-0.1, -0.05) is 43.3 Å². The van der Waals surface area contributed by atoms with Gasteiger partial charge in [0.1, 0.15) is 11.6 Å². The van der Waals surface area contributed by atoms with E-state index in [0.29, 0.717) is 12.2 Å². The first-order valence-electron chi connectivity index (χ1n) is 18.1. The van der Waals surface area contributed by atoms with Crippen molar-refractivity contribution in [3.8, 4) is 0 Å². The lowest BCUT2D eigenvalue weighted by atomic mass is 9.53. The van der Waals surface area contributed by atoms with Gasteiger partial charge in [0.15, 0.2) is 6.29 Å². The Balaban J connectivity index is 1.08. The van der Waals surface area contributed by atoms with Crippen molar-refractivity contribution in [3.05, 3.63) is 65.2 Å². The summed E-state index contributed by atoms with van der Waals surface area (Å²) >= 11 is 0. The largest absolute Gasteiger partial charge is 0.459 e. The molecule has 4 aliphatic carbocycles. The molecule has 260 valence electrons. The van der Waals surface area contributed by atoms with Crippen LogP contribution in [0, 0.1) is 23.7 Å². The lowest BCUT2D eigenvalue weighted by Gasteiger charge is -2.56. The Morgan fingerprint density at radius 3 is 2.31 bits per heavy atom. The van der Waals surface area contributed by atoms with E-state index in [9.17, 15) is 14.7 Å². The fourth-order valence-corrected chi connectivity index (χ4v) is 9.67. The van der Waals surface area contributed by atoms with Crippen molar-refractivity contribution in [2.24, 2.45) is 23.7 Å². The third-order valence-electron chi connectivity index (χ3n) is 11.4. The molecule has 0 radical (unpaired) electrons. The van der Waals surface area contributed by atoms with Gasteiger partial charge in [0.2, 0.25) is 0 Å². The fraction of sp³-hybridized carbons (Fsp3) is 0.641.